The molecule has 120 valence electrons. The van der Waals surface area contributed by atoms with E-state index in [2.05, 4.69) is 27.2 Å². The van der Waals surface area contributed by atoms with E-state index in [1.54, 1.807) is 24.3 Å². The number of hydrogen-bond acceptors (Lipinski definition) is 6. The molecule has 0 fully saturated rings. The summed E-state index contributed by atoms with van der Waals surface area (Å²) in [6.07, 6.45) is 3.40. The maximum Gasteiger partial charge on any atom is 0.272 e. The third-order valence-corrected chi connectivity index (χ3v) is 5.82. The monoisotopic (exact) mass is 340 g/mol. The summed E-state index contributed by atoms with van der Waals surface area (Å²) in [4.78, 5) is 0.943. The van der Waals surface area contributed by atoms with Crippen molar-refractivity contribution in [2.75, 3.05) is 16.6 Å². The number of rotatable bonds is 8. The van der Waals surface area contributed by atoms with Crippen LogP contribution in [0.5, 0.6) is 0 Å². The Balaban J connectivity index is 1.96. The summed E-state index contributed by atoms with van der Waals surface area (Å²) in [5.41, 5.74) is 0. The van der Waals surface area contributed by atoms with Crippen LogP contribution in [-0.2, 0) is 10.0 Å². The standard InChI is InChI=1S/C14H20N4O2S2/c1-3-4-5-10-15-12-7-8-13(17-16-12)18-22(19,20)14-9-6-11(2)21-14/h6-9H,3-5,10H2,1-2H3,(H,15,16)(H,17,18). The van der Waals surface area contributed by atoms with Crippen molar-refractivity contribution in [2.24, 2.45) is 0 Å². The van der Waals surface area contributed by atoms with Gasteiger partial charge in [0.2, 0.25) is 0 Å². The van der Waals surface area contributed by atoms with E-state index in [-0.39, 0.29) is 10.0 Å². The van der Waals surface area contributed by atoms with Gasteiger partial charge < -0.3 is 5.32 Å². The highest BCUT2D eigenvalue weighted by atomic mass is 32.2. The number of unbranched alkanes of at least 4 members (excludes halogenated alkanes) is 2. The molecule has 0 bridgehead atoms. The van der Waals surface area contributed by atoms with Gasteiger partial charge in [0.05, 0.1) is 0 Å². The zero-order valence-corrected chi connectivity index (χ0v) is 14.3. The molecule has 0 aliphatic carbocycles. The molecule has 0 radical (unpaired) electrons. The highest BCUT2D eigenvalue weighted by molar-refractivity contribution is 7.94. The Hall–Kier alpha value is -1.67. The average Bonchev–Trinajstić information content (AvgIpc) is 2.93. The topological polar surface area (TPSA) is 84.0 Å². The molecule has 0 atom stereocenters. The minimum atomic E-state index is -3.58. The molecule has 2 N–H and O–H groups in total. The molecule has 2 rings (SSSR count). The summed E-state index contributed by atoms with van der Waals surface area (Å²) < 4.78 is 27.0. The van der Waals surface area contributed by atoms with Gasteiger partial charge in [0.1, 0.15) is 10.0 Å². The first kappa shape index (κ1) is 16.7. The summed E-state index contributed by atoms with van der Waals surface area (Å²) in [6, 6.07) is 6.68. The van der Waals surface area contributed by atoms with Crippen LogP contribution >= 0.6 is 11.3 Å². The van der Waals surface area contributed by atoms with E-state index in [1.807, 2.05) is 6.92 Å². The van der Waals surface area contributed by atoms with Crippen molar-refractivity contribution in [3.63, 3.8) is 0 Å². The van der Waals surface area contributed by atoms with Crippen LogP contribution in [0, 0.1) is 6.92 Å². The van der Waals surface area contributed by atoms with Crippen LogP contribution in [0.1, 0.15) is 31.1 Å². The van der Waals surface area contributed by atoms with Crippen molar-refractivity contribution in [2.45, 2.75) is 37.3 Å². The second kappa shape index (κ2) is 7.55. The van der Waals surface area contributed by atoms with Gasteiger partial charge in [0, 0.05) is 11.4 Å². The van der Waals surface area contributed by atoms with Gasteiger partial charge >= 0.3 is 0 Å². The smallest absolute Gasteiger partial charge is 0.272 e. The number of thiophene rings is 1. The minimum Gasteiger partial charge on any atom is -0.369 e. The van der Waals surface area contributed by atoms with Crippen LogP contribution in [0.15, 0.2) is 28.5 Å². The van der Waals surface area contributed by atoms with Crippen LogP contribution in [0.25, 0.3) is 0 Å². The van der Waals surface area contributed by atoms with E-state index in [0.29, 0.717) is 5.82 Å². The number of sulfonamides is 1. The van der Waals surface area contributed by atoms with Crippen LogP contribution in [0.4, 0.5) is 11.6 Å². The Bertz CT molecular complexity index is 696. The van der Waals surface area contributed by atoms with Gasteiger partial charge in [-0.15, -0.1) is 21.5 Å². The molecule has 2 aromatic heterocycles. The molecular weight excluding hydrogens is 320 g/mol. The molecule has 0 spiro atoms. The Morgan fingerprint density at radius 2 is 1.82 bits per heavy atom. The fourth-order valence-electron chi connectivity index (χ4n) is 1.82. The van der Waals surface area contributed by atoms with Crippen molar-refractivity contribution in [1.29, 1.82) is 0 Å². The van der Waals surface area contributed by atoms with Crippen molar-refractivity contribution < 1.29 is 8.42 Å². The van der Waals surface area contributed by atoms with Crippen molar-refractivity contribution in [1.82, 2.24) is 10.2 Å². The molecule has 2 heterocycles. The van der Waals surface area contributed by atoms with Gasteiger partial charge in [-0.1, -0.05) is 19.8 Å². The van der Waals surface area contributed by atoms with Crippen LogP contribution in [0.2, 0.25) is 0 Å². The van der Waals surface area contributed by atoms with Gasteiger partial charge in [0.25, 0.3) is 10.0 Å². The van der Waals surface area contributed by atoms with E-state index < -0.39 is 10.0 Å². The summed E-state index contributed by atoms with van der Waals surface area (Å²) in [6.45, 7) is 4.85. The first-order valence-corrected chi connectivity index (χ1v) is 9.48. The van der Waals surface area contributed by atoms with Gasteiger partial charge in [-0.25, -0.2) is 8.42 Å². The molecule has 0 unspecified atom stereocenters. The fraction of sp³-hybridized carbons (Fsp3) is 0.429. The Morgan fingerprint density at radius 3 is 2.41 bits per heavy atom. The second-order valence-electron chi connectivity index (χ2n) is 4.91. The number of aryl methyl sites for hydroxylation is 1. The summed E-state index contributed by atoms with van der Waals surface area (Å²) >= 11 is 1.22. The number of nitrogens with zero attached hydrogens (tertiary/aromatic N) is 2. The normalized spacial score (nSPS) is 11.4. The predicted molar refractivity (Wildman–Crippen MR) is 89.9 cm³/mol. The van der Waals surface area contributed by atoms with Gasteiger partial charge in [0.15, 0.2) is 5.82 Å². The largest absolute Gasteiger partial charge is 0.369 e. The highest BCUT2D eigenvalue weighted by Gasteiger charge is 2.17. The lowest BCUT2D eigenvalue weighted by Crippen LogP contribution is -2.13. The van der Waals surface area contributed by atoms with Gasteiger partial charge in [-0.2, -0.15) is 0 Å². The van der Waals surface area contributed by atoms with E-state index in [4.69, 9.17) is 0 Å². The molecule has 0 saturated carbocycles. The molecule has 0 saturated heterocycles. The van der Waals surface area contributed by atoms with Crippen LogP contribution < -0.4 is 10.0 Å². The summed E-state index contributed by atoms with van der Waals surface area (Å²) in [7, 11) is -3.58. The van der Waals surface area contributed by atoms with E-state index in [0.717, 1.165) is 24.3 Å². The zero-order valence-electron chi connectivity index (χ0n) is 12.7. The fourth-order valence-corrected chi connectivity index (χ4v) is 4.10. The lowest BCUT2D eigenvalue weighted by Gasteiger charge is -2.07. The molecule has 8 heteroatoms. The summed E-state index contributed by atoms with van der Waals surface area (Å²) in [5.74, 6) is 0.858. The van der Waals surface area contributed by atoms with Crippen molar-refractivity contribution in [3.8, 4) is 0 Å². The lowest BCUT2D eigenvalue weighted by atomic mass is 10.2. The molecule has 2 aromatic rings. The number of aromatic nitrogens is 2. The molecule has 0 aliphatic rings. The molecular formula is C14H20N4O2S2. The first-order chi connectivity index (χ1) is 10.5. The van der Waals surface area contributed by atoms with Crippen LogP contribution in [0.3, 0.4) is 0 Å². The molecule has 0 aliphatic heterocycles. The Labute approximate surface area is 135 Å². The first-order valence-electron chi connectivity index (χ1n) is 7.18. The maximum absolute atomic E-state index is 12.2. The number of hydrogen-bond donors (Lipinski definition) is 2. The minimum absolute atomic E-state index is 0.213. The SMILES string of the molecule is CCCCCNc1ccc(NS(=O)(=O)c2ccc(C)s2)nn1. The lowest BCUT2D eigenvalue weighted by molar-refractivity contribution is 0.603. The molecule has 0 amide bonds. The van der Waals surface area contributed by atoms with Crippen molar-refractivity contribution >= 4 is 33.0 Å². The van der Waals surface area contributed by atoms with Gasteiger partial charge in [-0.05, 0) is 37.6 Å². The third kappa shape index (κ3) is 4.67. The average molecular weight is 340 g/mol. The van der Waals surface area contributed by atoms with Crippen molar-refractivity contribution in [3.05, 3.63) is 29.1 Å². The van der Waals surface area contributed by atoms with E-state index in [9.17, 15) is 8.42 Å². The Morgan fingerprint density at radius 1 is 1.09 bits per heavy atom. The zero-order chi connectivity index (χ0) is 16.0. The predicted octanol–water partition coefficient (Wildman–Crippen LogP) is 3.25. The molecule has 22 heavy (non-hydrogen) atoms. The van der Waals surface area contributed by atoms with Gasteiger partial charge in [-0.3, -0.25) is 4.72 Å². The maximum atomic E-state index is 12.2. The number of anilines is 2. The summed E-state index contributed by atoms with van der Waals surface area (Å²) in [5, 5.41) is 11.0. The number of nitrogens with one attached hydrogen (secondary N) is 2. The van der Waals surface area contributed by atoms with Crippen LogP contribution in [-0.4, -0.2) is 25.2 Å². The molecule has 6 nitrogen and oxygen atoms in total. The highest BCUT2D eigenvalue weighted by Crippen LogP contribution is 2.22. The van der Waals surface area contributed by atoms with E-state index >= 15 is 0 Å². The second-order valence-corrected chi connectivity index (χ2v) is 8.11. The van der Waals surface area contributed by atoms with E-state index in [1.165, 1.54) is 17.8 Å². The molecule has 0 aromatic carbocycles. The third-order valence-electron chi connectivity index (χ3n) is 2.97. The quantitative estimate of drug-likeness (QED) is 0.721. The Kier molecular flexibility index (Phi) is 5.73.